The topological polar surface area (TPSA) is 90.6 Å². The van der Waals surface area contributed by atoms with Crippen molar-refractivity contribution in [3.63, 3.8) is 0 Å². The van der Waals surface area contributed by atoms with E-state index in [1.165, 1.54) is 0 Å². The molecule has 0 aliphatic carbocycles. The molecule has 0 saturated carbocycles. The largest absolute Gasteiger partial charge is 0.494 e. The van der Waals surface area contributed by atoms with Crippen molar-refractivity contribution >= 4 is 33.2 Å². The third-order valence-corrected chi connectivity index (χ3v) is 5.42. The first-order valence-electron chi connectivity index (χ1n) is 10.1. The molecular weight excluding hydrogens is 474 g/mol. The second-order valence-corrected chi connectivity index (χ2v) is 7.96. The lowest BCUT2D eigenvalue weighted by Gasteiger charge is -2.09. The van der Waals surface area contributed by atoms with Crippen molar-refractivity contribution in [2.75, 3.05) is 19.0 Å². The fourth-order valence-corrected chi connectivity index (χ4v) is 3.66. The minimum atomic E-state index is -0.366. The summed E-state index contributed by atoms with van der Waals surface area (Å²) in [7, 11) is 1.61. The zero-order valence-electron chi connectivity index (χ0n) is 17.9. The lowest BCUT2D eigenvalue weighted by atomic mass is 10.1. The standard InChI is InChI=1S/C23H22BrN5O3/c1-4-32-18-11-9-17(10-12-18)25-23(30)21-14(2)29-22(27-26-21)20(19(28-29)13-31-3)15-5-7-16(24)8-6-15/h5-12H,4,13H2,1-3H3,(H,25,30). The average molecular weight is 496 g/mol. The highest BCUT2D eigenvalue weighted by molar-refractivity contribution is 9.10. The molecule has 0 bridgehead atoms. The minimum Gasteiger partial charge on any atom is -0.494 e. The quantitative estimate of drug-likeness (QED) is 0.400. The van der Waals surface area contributed by atoms with Gasteiger partial charge in [0.25, 0.3) is 5.91 Å². The van der Waals surface area contributed by atoms with Crippen LogP contribution in [-0.2, 0) is 11.3 Å². The highest BCUT2D eigenvalue weighted by atomic mass is 79.9. The van der Waals surface area contributed by atoms with Gasteiger partial charge in [-0.1, -0.05) is 28.1 Å². The Balaban J connectivity index is 1.70. The van der Waals surface area contributed by atoms with Gasteiger partial charge in [0.15, 0.2) is 11.3 Å². The Morgan fingerprint density at radius 2 is 1.81 bits per heavy atom. The Bertz CT molecular complexity index is 1250. The summed E-state index contributed by atoms with van der Waals surface area (Å²) in [5, 5.41) is 16.1. The van der Waals surface area contributed by atoms with Crippen molar-refractivity contribution in [1.82, 2.24) is 19.8 Å². The maximum atomic E-state index is 12.9. The van der Waals surface area contributed by atoms with Gasteiger partial charge in [-0.25, -0.2) is 4.52 Å². The first-order valence-corrected chi connectivity index (χ1v) is 10.8. The molecule has 1 amide bonds. The Hall–Kier alpha value is -3.30. The second-order valence-electron chi connectivity index (χ2n) is 7.04. The lowest BCUT2D eigenvalue weighted by Crippen LogP contribution is -2.18. The first kappa shape index (κ1) is 21.9. The van der Waals surface area contributed by atoms with Gasteiger partial charge < -0.3 is 14.8 Å². The molecule has 0 saturated heterocycles. The van der Waals surface area contributed by atoms with Crippen molar-refractivity contribution in [2.45, 2.75) is 20.5 Å². The zero-order valence-corrected chi connectivity index (χ0v) is 19.5. The van der Waals surface area contributed by atoms with Crippen LogP contribution in [0.15, 0.2) is 53.0 Å². The van der Waals surface area contributed by atoms with E-state index < -0.39 is 0 Å². The Kier molecular flexibility index (Phi) is 6.48. The van der Waals surface area contributed by atoms with Gasteiger partial charge in [0.2, 0.25) is 0 Å². The van der Waals surface area contributed by atoms with Crippen molar-refractivity contribution in [2.24, 2.45) is 0 Å². The monoisotopic (exact) mass is 495 g/mol. The average Bonchev–Trinajstić information content (AvgIpc) is 3.15. The maximum absolute atomic E-state index is 12.9. The number of rotatable bonds is 7. The van der Waals surface area contributed by atoms with E-state index in [-0.39, 0.29) is 11.6 Å². The first-order chi connectivity index (χ1) is 15.5. The van der Waals surface area contributed by atoms with E-state index in [2.05, 4.69) is 36.5 Å². The van der Waals surface area contributed by atoms with Crippen LogP contribution in [0, 0.1) is 6.92 Å². The van der Waals surface area contributed by atoms with E-state index in [0.717, 1.165) is 27.0 Å². The number of nitrogens with zero attached hydrogens (tertiary/aromatic N) is 4. The van der Waals surface area contributed by atoms with Gasteiger partial charge in [-0.3, -0.25) is 4.79 Å². The molecular formula is C23H22BrN5O3. The fraction of sp³-hybridized carbons (Fsp3) is 0.217. The van der Waals surface area contributed by atoms with E-state index in [1.807, 2.05) is 31.2 Å². The van der Waals surface area contributed by atoms with Gasteiger partial charge in [-0.15, -0.1) is 10.2 Å². The SMILES string of the molecule is CCOc1ccc(NC(=O)c2nnc3c(-c4ccc(Br)cc4)c(COC)nn3c2C)cc1. The number of aryl methyl sites for hydroxylation is 1. The number of carbonyl (C=O) groups excluding carboxylic acids is 1. The van der Waals surface area contributed by atoms with Crippen LogP contribution < -0.4 is 10.1 Å². The Morgan fingerprint density at radius 3 is 2.47 bits per heavy atom. The molecule has 4 aromatic rings. The van der Waals surface area contributed by atoms with E-state index in [4.69, 9.17) is 9.47 Å². The molecule has 2 aromatic heterocycles. The van der Waals surface area contributed by atoms with Crippen LogP contribution in [0.25, 0.3) is 16.8 Å². The summed E-state index contributed by atoms with van der Waals surface area (Å²) in [6.45, 7) is 4.60. The number of aromatic nitrogens is 4. The normalized spacial score (nSPS) is 11.0. The molecule has 8 nitrogen and oxygen atoms in total. The second kappa shape index (κ2) is 9.46. The number of nitrogens with one attached hydrogen (secondary N) is 1. The minimum absolute atomic E-state index is 0.195. The number of amides is 1. The van der Waals surface area contributed by atoms with Crippen molar-refractivity contribution < 1.29 is 14.3 Å². The molecule has 0 radical (unpaired) electrons. The van der Waals surface area contributed by atoms with Gasteiger partial charge in [0.1, 0.15) is 5.75 Å². The van der Waals surface area contributed by atoms with Gasteiger partial charge in [-0.05, 0) is 55.8 Å². The van der Waals surface area contributed by atoms with Crippen molar-refractivity contribution in [3.05, 3.63) is 70.1 Å². The molecule has 0 atom stereocenters. The number of carbonyl (C=O) groups is 1. The third kappa shape index (κ3) is 4.35. The number of methoxy groups -OCH3 is 1. The number of benzene rings is 2. The summed E-state index contributed by atoms with van der Waals surface area (Å²) in [5.74, 6) is 0.376. The molecule has 4 rings (SSSR count). The van der Waals surface area contributed by atoms with Crippen LogP contribution in [0.4, 0.5) is 5.69 Å². The van der Waals surface area contributed by atoms with Crippen LogP contribution in [-0.4, -0.2) is 39.4 Å². The van der Waals surface area contributed by atoms with Crippen LogP contribution >= 0.6 is 15.9 Å². The zero-order chi connectivity index (χ0) is 22.7. The predicted molar refractivity (Wildman–Crippen MR) is 125 cm³/mol. The number of anilines is 1. The van der Waals surface area contributed by atoms with Crippen molar-refractivity contribution in [3.8, 4) is 16.9 Å². The van der Waals surface area contributed by atoms with Crippen LogP contribution in [0.2, 0.25) is 0 Å². The Labute approximate surface area is 193 Å². The van der Waals surface area contributed by atoms with E-state index in [1.54, 1.807) is 42.8 Å². The summed E-state index contributed by atoms with van der Waals surface area (Å²) in [5.41, 5.74) is 4.46. The number of halogens is 1. The van der Waals surface area contributed by atoms with Crippen LogP contribution in [0.5, 0.6) is 5.75 Å². The summed E-state index contributed by atoms with van der Waals surface area (Å²) in [6.07, 6.45) is 0. The van der Waals surface area contributed by atoms with E-state index >= 15 is 0 Å². The molecule has 32 heavy (non-hydrogen) atoms. The van der Waals surface area contributed by atoms with E-state index in [9.17, 15) is 4.79 Å². The fourth-order valence-electron chi connectivity index (χ4n) is 3.40. The molecule has 0 unspecified atom stereocenters. The third-order valence-electron chi connectivity index (χ3n) is 4.89. The maximum Gasteiger partial charge on any atom is 0.278 e. The molecule has 1 N–H and O–H groups in total. The molecule has 164 valence electrons. The van der Waals surface area contributed by atoms with Gasteiger partial charge in [-0.2, -0.15) is 5.10 Å². The number of fused-ring (bicyclic) bond motifs is 1. The van der Waals surface area contributed by atoms with E-state index in [0.29, 0.717) is 30.2 Å². The smallest absolute Gasteiger partial charge is 0.278 e. The number of hydrogen-bond donors (Lipinski definition) is 1. The Morgan fingerprint density at radius 1 is 1.09 bits per heavy atom. The summed E-state index contributed by atoms with van der Waals surface area (Å²) in [4.78, 5) is 12.9. The van der Waals surface area contributed by atoms with Gasteiger partial charge in [0.05, 0.1) is 30.2 Å². The molecule has 2 heterocycles. The van der Waals surface area contributed by atoms with Crippen LogP contribution in [0.3, 0.4) is 0 Å². The number of hydrogen-bond acceptors (Lipinski definition) is 6. The van der Waals surface area contributed by atoms with Crippen molar-refractivity contribution in [1.29, 1.82) is 0 Å². The number of ether oxygens (including phenoxy) is 2. The highest BCUT2D eigenvalue weighted by Gasteiger charge is 2.22. The molecule has 9 heteroatoms. The molecule has 0 spiro atoms. The summed E-state index contributed by atoms with van der Waals surface area (Å²) < 4.78 is 13.4. The van der Waals surface area contributed by atoms with Gasteiger partial charge in [0, 0.05) is 17.3 Å². The van der Waals surface area contributed by atoms with Gasteiger partial charge >= 0.3 is 0 Å². The predicted octanol–water partition coefficient (Wildman–Crippen LogP) is 4.66. The van der Waals surface area contributed by atoms with Crippen LogP contribution in [0.1, 0.15) is 28.8 Å². The molecule has 0 fully saturated rings. The molecule has 0 aliphatic heterocycles. The summed E-state index contributed by atoms with van der Waals surface area (Å²) in [6, 6.07) is 15.0. The molecule has 2 aromatic carbocycles. The lowest BCUT2D eigenvalue weighted by molar-refractivity contribution is 0.102. The summed E-state index contributed by atoms with van der Waals surface area (Å²) >= 11 is 3.46. The molecule has 0 aliphatic rings. The highest BCUT2D eigenvalue weighted by Crippen LogP contribution is 2.30.